The molecule has 34 heavy (non-hydrogen) atoms. The molecule has 2 aliphatic rings. The summed E-state index contributed by atoms with van der Waals surface area (Å²) >= 11 is 0. The average molecular weight is 505 g/mol. The molecule has 0 saturated carbocycles. The van der Waals surface area contributed by atoms with E-state index in [2.05, 4.69) is 27.7 Å². The summed E-state index contributed by atoms with van der Waals surface area (Å²) in [4.78, 5) is 25.8. The summed E-state index contributed by atoms with van der Waals surface area (Å²) in [5.74, 6) is -0.602. The smallest absolute Gasteiger partial charge is 0.368 e. The van der Waals surface area contributed by atoms with Gasteiger partial charge >= 0.3 is 16.4 Å². The molecule has 0 aromatic heterocycles. The number of fused-ring (bicyclic) bond motifs is 2. The lowest BCUT2D eigenvalue weighted by atomic mass is 9.82. The number of urea groups is 1. The summed E-state index contributed by atoms with van der Waals surface area (Å²) < 4.78 is 37.1. The maximum Gasteiger partial charge on any atom is 0.437 e. The molecule has 0 aromatic rings. The van der Waals surface area contributed by atoms with Crippen LogP contribution in [0.4, 0.5) is 4.79 Å². The Kier molecular flexibility index (Phi) is 11.0. The lowest BCUT2D eigenvalue weighted by Crippen LogP contribution is -2.51. The van der Waals surface area contributed by atoms with Gasteiger partial charge in [0.15, 0.2) is 0 Å². The predicted octanol–water partition coefficient (Wildman–Crippen LogP) is 3.87. The van der Waals surface area contributed by atoms with E-state index in [1.165, 1.54) is 4.90 Å². The molecule has 0 aliphatic carbocycles. The standard InChI is InChI=1S/C23H44N4O6S/c1-5-9-15-23(14-8-4,16-10-6-2)26(17-11-7-3)32-34(30,31)33-27-19-12-13-20(21(24)28)25(18-19)22(27)29/h19-20H,5-18H2,1-4H3,(H2,24,28)/t19-,20-/m0/s1. The molecule has 198 valence electrons. The van der Waals surface area contributed by atoms with E-state index in [0.717, 1.165) is 69.3 Å². The number of carbonyl (C=O) groups excluding carboxylic acids is 2. The fourth-order valence-electron chi connectivity index (χ4n) is 5.13. The van der Waals surface area contributed by atoms with Crippen molar-refractivity contribution in [3.05, 3.63) is 0 Å². The number of nitrogens with two attached hydrogens (primary N) is 1. The first-order chi connectivity index (χ1) is 16.1. The minimum atomic E-state index is -4.57. The van der Waals surface area contributed by atoms with E-state index >= 15 is 0 Å². The topological polar surface area (TPSA) is 122 Å². The van der Waals surface area contributed by atoms with Gasteiger partial charge in [-0.05, 0) is 38.5 Å². The molecule has 0 spiro atoms. The highest BCUT2D eigenvalue weighted by atomic mass is 32.3. The van der Waals surface area contributed by atoms with Crippen molar-refractivity contribution in [2.45, 2.75) is 122 Å². The largest absolute Gasteiger partial charge is 0.437 e. The molecule has 10 nitrogen and oxygen atoms in total. The lowest BCUT2D eigenvalue weighted by Gasteiger charge is -2.43. The molecule has 2 N–H and O–H groups in total. The Hall–Kier alpha value is -1.43. The molecule has 0 aromatic carbocycles. The van der Waals surface area contributed by atoms with Crippen LogP contribution in [0, 0.1) is 0 Å². The Bertz CT molecular complexity index is 769. The van der Waals surface area contributed by atoms with Crippen LogP contribution in [0.2, 0.25) is 0 Å². The fourth-order valence-corrected chi connectivity index (χ4v) is 5.99. The quantitative estimate of drug-likeness (QED) is 0.298. The minimum Gasteiger partial charge on any atom is -0.368 e. The van der Waals surface area contributed by atoms with E-state index in [1.807, 2.05) is 0 Å². The zero-order valence-corrected chi connectivity index (χ0v) is 22.1. The highest BCUT2D eigenvalue weighted by molar-refractivity contribution is 7.81. The number of rotatable bonds is 17. The number of amides is 3. The number of nitrogens with zero attached hydrogens (tertiary/aromatic N) is 3. The van der Waals surface area contributed by atoms with Gasteiger partial charge in [0.05, 0.1) is 6.04 Å². The van der Waals surface area contributed by atoms with Gasteiger partial charge in [0.1, 0.15) is 6.04 Å². The van der Waals surface area contributed by atoms with Crippen molar-refractivity contribution in [2.75, 3.05) is 13.1 Å². The van der Waals surface area contributed by atoms with Gasteiger partial charge in [-0.15, -0.1) is 4.28 Å². The Morgan fingerprint density at radius 3 is 2.18 bits per heavy atom. The van der Waals surface area contributed by atoms with Gasteiger partial charge in [0.2, 0.25) is 5.91 Å². The molecule has 2 rings (SSSR count). The van der Waals surface area contributed by atoms with Gasteiger partial charge in [0, 0.05) is 18.6 Å². The number of carbonyl (C=O) groups is 2. The first kappa shape index (κ1) is 28.8. The van der Waals surface area contributed by atoms with E-state index in [0.29, 0.717) is 19.4 Å². The van der Waals surface area contributed by atoms with Crippen molar-refractivity contribution in [3.8, 4) is 0 Å². The molecule has 2 atom stereocenters. The van der Waals surface area contributed by atoms with Crippen molar-refractivity contribution in [1.82, 2.24) is 15.0 Å². The second-order valence-electron chi connectivity index (χ2n) is 9.60. The van der Waals surface area contributed by atoms with E-state index in [-0.39, 0.29) is 6.54 Å². The minimum absolute atomic E-state index is 0.203. The second kappa shape index (κ2) is 13.0. The summed E-state index contributed by atoms with van der Waals surface area (Å²) in [5.41, 5.74) is 4.99. The Morgan fingerprint density at radius 1 is 1.03 bits per heavy atom. The van der Waals surface area contributed by atoms with Crippen molar-refractivity contribution in [2.24, 2.45) is 5.73 Å². The maximum absolute atomic E-state index is 13.1. The SMILES string of the molecule is CCCCN(OS(=O)(=O)ON1C(=O)N2C[C@@H]1CC[C@H]2C(N)=O)C(CCC)(CCCC)CCCC. The third-order valence-electron chi connectivity index (χ3n) is 6.95. The van der Waals surface area contributed by atoms with Gasteiger partial charge in [-0.1, -0.05) is 66.2 Å². The van der Waals surface area contributed by atoms with Crippen molar-refractivity contribution >= 4 is 22.3 Å². The van der Waals surface area contributed by atoms with Crippen LogP contribution in [0.1, 0.15) is 105 Å². The molecule has 0 radical (unpaired) electrons. The van der Waals surface area contributed by atoms with Crippen molar-refractivity contribution in [1.29, 1.82) is 0 Å². The predicted molar refractivity (Wildman–Crippen MR) is 129 cm³/mol. The van der Waals surface area contributed by atoms with Crippen LogP contribution in [-0.4, -0.2) is 66.1 Å². The molecule has 2 bridgehead atoms. The van der Waals surface area contributed by atoms with Crippen LogP contribution in [0.3, 0.4) is 0 Å². The monoisotopic (exact) mass is 504 g/mol. The molecule has 2 fully saturated rings. The molecule has 0 unspecified atom stereocenters. The van der Waals surface area contributed by atoms with Gasteiger partial charge in [0.25, 0.3) is 0 Å². The highest BCUT2D eigenvalue weighted by Gasteiger charge is 2.50. The van der Waals surface area contributed by atoms with Gasteiger partial charge in [-0.2, -0.15) is 22.8 Å². The number of unbranched alkanes of at least 4 members (excludes halogenated alkanes) is 3. The van der Waals surface area contributed by atoms with Crippen LogP contribution in [0.15, 0.2) is 0 Å². The molecule has 11 heteroatoms. The summed E-state index contributed by atoms with van der Waals surface area (Å²) in [5, 5.41) is 2.47. The van der Waals surface area contributed by atoms with E-state index in [1.54, 1.807) is 5.06 Å². The molecule has 2 aliphatic heterocycles. The zero-order valence-electron chi connectivity index (χ0n) is 21.3. The van der Waals surface area contributed by atoms with Crippen molar-refractivity contribution in [3.63, 3.8) is 0 Å². The third kappa shape index (κ3) is 7.05. The van der Waals surface area contributed by atoms with Crippen LogP contribution < -0.4 is 5.73 Å². The van der Waals surface area contributed by atoms with Gasteiger partial charge < -0.3 is 10.6 Å². The molecule has 2 heterocycles. The zero-order chi connectivity index (χ0) is 25.4. The van der Waals surface area contributed by atoms with Crippen LogP contribution in [0.5, 0.6) is 0 Å². The van der Waals surface area contributed by atoms with Crippen LogP contribution in [-0.2, 0) is 23.8 Å². The first-order valence-corrected chi connectivity index (χ1v) is 14.3. The van der Waals surface area contributed by atoms with Crippen LogP contribution >= 0.6 is 0 Å². The summed E-state index contributed by atoms with van der Waals surface area (Å²) in [6, 6.07) is -1.89. The van der Waals surface area contributed by atoms with Crippen molar-refractivity contribution < 1.29 is 26.6 Å². The average Bonchev–Trinajstić information content (AvgIpc) is 3.02. The number of hydroxylamine groups is 4. The number of primary amides is 1. The summed E-state index contributed by atoms with van der Waals surface area (Å²) in [7, 11) is -4.57. The summed E-state index contributed by atoms with van der Waals surface area (Å²) in [6.45, 7) is 9.06. The van der Waals surface area contributed by atoms with Gasteiger partial charge in [-0.25, -0.2) is 4.79 Å². The maximum atomic E-state index is 13.1. The highest BCUT2D eigenvalue weighted by Crippen LogP contribution is 2.36. The number of hydrogen-bond acceptors (Lipinski definition) is 7. The normalized spacial score (nSPS) is 21.0. The van der Waals surface area contributed by atoms with Crippen LogP contribution in [0.25, 0.3) is 0 Å². The summed E-state index contributed by atoms with van der Waals surface area (Å²) in [6.07, 6.45) is 9.78. The molecular weight excluding hydrogens is 460 g/mol. The van der Waals surface area contributed by atoms with E-state index in [9.17, 15) is 18.0 Å². The molecular formula is C23H44N4O6S. The molecule has 3 amide bonds. The number of hydrogen-bond donors (Lipinski definition) is 1. The Balaban J connectivity index is 2.25. The third-order valence-corrected chi connectivity index (χ3v) is 7.66. The first-order valence-electron chi connectivity index (χ1n) is 13.0. The fraction of sp³-hybridized carbons (Fsp3) is 0.913. The van der Waals surface area contributed by atoms with E-state index < -0.39 is 40.0 Å². The molecule has 2 saturated heterocycles. The Labute approximate surface area is 205 Å². The lowest BCUT2D eigenvalue weighted by molar-refractivity contribution is -0.172. The number of piperidine rings is 1. The van der Waals surface area contributed by atoms with E-state index in [4.69, 9.17) is 14.3 Å². The second-order valence-corrected chi connectivity index (χ2v) is 10.7. The Morgan fingerprint density at radius 2 is 1.65 bits per heavy atom. The van der Waals surface area contributed by atoms with Gasteiger partial charge in [-0.3, -0.25) is 4.79 Å².